The van der Waals surface area contributed by atoms with Gasteiger partial charge in [0.15, 0.2) is 0 Å². The Morgan fingerprint density at radius 3 is 0.667 bits per heavy atom. The van der Waals surface area contributed by atoms with Gasteiger partial charge in [0, 0.05) is 16.2 Å². The van der Waals surface area contributed by atoms with Crippen molar-refractivity contribution in [3.63, 3.8) is 0 Å². The summed E-state index contributed by atoms with van der Waals surface area (Å²) in [5.74, 6) is 0. The molecule has 0 atom stereocenters. The molecule has 0 spiro atoms. The van der Waals surface area contributed by atoms with Crippen LogP contribution in [0.2, 0.25) is 0 Å². The zero-order valence-electron chi connectivity index (χ0n) is 56.7. The van der Waals surface area contributed by atoms with Gasteiger partial charge in [-0.3, -0.25) is 0 Å². The van der Waals surface area contributed by atoms with Gasteiger partial charge in [-0.15, -0.1) is 0 Å². The highest BCUT2D eigenvalue weighted by atomic mass is 14.6. The molecule has 6 aliphatic rings. The van der Waals surface area contributed by atoms with Crippen molar-refractivity contribution in [1.29, 1.82) is 0 Å². The second-order valence-corrected chi connectivity index (χ2v) is 29.1. The minimum Gasteiger partial charge on any atom is -0.0654 e. The number of benzene rings is 8. The first kappa shape index (κ1) is 62.6. The summed E-state index contributed by atoms with van der Waals surface area (Å²) < 4.78 is 0. The van der Waals surface area contributed by atoms with E-state index in [1.54, 1.807) is 83.5 Å². The molecule has 0 saturated carbocycles. The molecule has 0 radical (unpaired) electrons. The molecule has 90 heavy (non-hydrogen) atoms. The van der Waals surface area contributed by atoms with Gasteiger partial charge in [0.1, 0.15) is 0 Å². The van der Waals surface area contributed by atoms with Crippen LogP contribution in [0.4, 0.5) is 0 Å². The largest absolute Gasteiger partial charge is 0.0654 e. The average Bonchev–Trinajstić information content (AvgIpc) is 1.49. The van der Waals surface area contributed by atoms with Gasteiger partial charge in [0.25, 0.3) is 0 Å². The molecule has 0 unspecified atom stereocenters. The first-order chi connectivity index (χ1) is 44.4. The molecule has 0 aliphatic heterocycles. The van der Waals surface area contributed by atoms with E-state index in [1.807, 2.05) is 0 Å². The Morgan fingerprint density at radius 2 is 0.433 bits per heavy atom. The normalized spacial score (nSPS) is 15.1. The van der Waals surface area contributed by atoms with Crippen LogP contribution >= 0.6 is 0 Å². The molecule has 0 heterocycles. The number of fused-ring (bicyclic) bond motifs is 24. The summed E-state index contributed by atoms with van der Waals surface area (Å²) in [6.45, 7) is 14.4. The Kier molecular flexibility index (Phi) is 19.4. The average molecular weight is 1190 g/mol. The Morgan fingerprint density at radius 1 is 0.222 bits per heavy atom. The molecule has 0 saturated heterocycles. The monoisotopic (exact) mass is 1190 g/mol. The van der Waals surface area contributed by atoms with Gasteiger partial charge in [-0.05, 0) is 191 Å². The molecule has 14 rings (SSSR count). The fraction of sp³-hybridized carbons (Fsp3) is 0.467. The SMILES string of the molecule is CCCCCCC1(CCCCCC)c2ccccc2-c2c1c1c(c3c2C(CCCCCC)(CCCCCC)c2ccccc2-3)C(CCCCCC)(CCCCCC)c2ccccc2-1.c1ccc2c(c1)Cc1c-2c2c(c3c1-c1ccccc1C3)-c1ccccc1C2. The summed E-state index contributed by atoms with van der Waals surface area (Å²) in [7, 11) is 0. The van der Waals surface area contributed by atoms with E-state index in [4.69, 9.17) is 0 Å². The van der Waals surface area contributed by atoms with E-state index in [-0.39, 0.29) is 16.2 Å². The van der Waals surface area contributed by atoms with Crippen molar-refractivity contribution in [1.82, 2.24) is 0 Å². The molecule has 0 aromatic heterocycles. The van der Waals surface area contributed by atoms with Crippen LogP contribution in [-0.4, -0.2) is 0 Å². The lowest BCUT2D eigenvalue weighted by atomic mass is 9.63. The first-order valence-corrected chi connectivity index (χ1v) is 37.4. The number of unbranched alkanes of at least 4 members (excludes halogenated alkanes) is 18. The van der Waals surface area contributed by atoms with Crippen LogP contribution in [0.5, 0.6) is 0 Å². The molecule has 8 aromatic carbocycles. The highest BCUT2D eigenvalue weighted by molar-refractivity contribution is 6.05. The molecule has 0 fully saturated rings. The lowest BCUT2D eigenvalue weighted by molar-refractivity contribution is 0.389. The highest BCUT2D eigenvalue weighted by Crippen LogP contribution is 2.71. The minimum absolute atomic E-state index is 0.0328. The quantitative estimate of drug-likeness (QED) is 0.0394. The van der Waals surface area contributed by atoms with E-state index < -0.39 is 0 Å². The molecule has 0 amide bonds. The Hall–Kier alpha value is -6.24. The number of hydrogen-bond donors (Lipinski definition) is 0. The van der Waals surface area contributed by atoms with E-state index in [9.17, 15) is 0 Å². The zero-order chi connectivity index (χ0) is 61.7. The number of rotatable bonds is 30. The van der Waals surface area contributed by atoms with Gasteiger partial charge in [0.2, 0.25) is 0 Å². The van der Waals surface area contributed by atoms with Crippen molar-refractivity contribution >= 4 is 0 Å². The third-order valence-electron chi connectivity index (χ3n) is 23.6. The van der Waals surface area contributed by atoms with E-state index in [0.29, 0.717) is 0 Å². The molecule has 0 nitrogen and oxygen atoms in total. The summed E-state index contributed by atoms with van der Waals surface area (Å²) in [6, 6.07) is 57.4. The van der Waals surface area contributed by atoms with Crippen molar-refractivity contribution < 1.29 is 0 Å². The summed E-state index contributed by atoms with van der Waals surface area (Å²) in [6.07, 6.45) is 42.7. The number of hydrogen-bond acceptors (Lipinski definition) is 0. The fourth-order valence-electron chi connectivity index (χ4n) is 19.6. The predicted molar refractivity (Wildman–Crippen MR) is 389 cm³/mol. The van der Waals surface area contributed by atoms with E-state index in [2.05, 4.69) is 187 Å². The highest BCUT2D eigenvalue weighted by Gasteiger charge is 2.57. The van der Waals surface area contributed by atoms with Crippen LogP contribution in [0.25, 0.3) is 66.8 Å². The summed E-state index contributed by atoms with van der Waals surface area (Å²) >= 11 is 0. The lowest BCUT2D eigenvalue weighted by Gasteiger charge is -2.39. The van der Waals surface area contributed by atoms with Gasteiger partial charge in [0.05, 0.1) is 0 Å². The third-order valence-corrected chi connectivity index (χ3v) is 23.6. The van der Waals surface area contributed by atoms with Gasteiger partial charge >= 0.3 is 0 Å². The summed E-state index contributed by atoms with van der Waals surface area (Å²) in [5.41, 5.74) is 38.7. The third kappa shape index (κ3) is 10.8. The Balaban J connectivity index is 0.000000224. The van der Waals surface area contributed by atoms with Gasteiger partial charge in [-0.2, -0.15) is 0 Å². The first-order valence-electron chi connectivity index (χ1n) is 37.4. The van der Waals surface area contributed by atoms with Crippen molar-refractivity contribution in [2.45, 2.75) is 270 Å². The van der Waals surface area contributed by atoms with Crippen LogP contribution in [0.1, 0.15) is 301 Å². The van der Waals surface area contributed by atoms with Crippen molar-refractivity contribution in [3.8, 4) is 66.8 Å². The van der Waals surface area contributed by atoms with Crippen LogP contribution in [0.15, 0.2) is 146 Å². The fourth-order valence-corrected chi connectivity index (χ4v) is 19.6. The molecular formula is C90H108. The van der Waals surface area contributed by atoms with Crippen molar-refractivity contribution in [2.24, 2.45) is 0 Å². The summed E-state index contributed by atoms with van der Waals surface area (Å²) in [4.78, 5) is 0. The van der Waals surface area contributed by atoms with Gasteiger partial charge in [-0.25, -0.2) is 0 Å². The van der Waals surface area contributed by atoms with Crippen molar-refractivity contribution in [2.75, 3.05) is 0 Å². The standard InChI is InChI=1S/C63H90.C27H18/c1-7-13-19-31-43-61(44-32-20-14-8-2)52-40-28-25-37-49(52)55-58(61)56-50-38-26-29-41-53(50)62(45-33-21-15-9-3,46-34-22-16-10-4)60(56)57-51-39-27-30-42-54(51)63(59(55)57,47-35-23-17-11-5)48-36-24-18-12-6;1-4-10-19-16(7-1)13-22-25(19)23-14-17-8-3-6-12-21(17)27(23)24-15-18-9-2-5-11-20(18)26(22)24/h25-30,37-42H,7-24,31-36,43-48H2,1-6H3;1-12H,13-15H2. The lowest BCUT2D eigenvalue weighted by Crippen LogP contribution is -2.31. The molecule has 6 aliphatic carbocycles. The molecule has 8 aromatic rings. The van der Waals surface area contributed by atoms with E-state index in [1.165, 1.54) is 243 Å². The van der Waals surface area contributed by atoms with E-state index >= 15 is 0 Å². The van der Waals surface area contributed by atoms with Crippen LogP contribution in [0.3, 0.4) is 0 Å². The van der Waals surface area contributed by atoms with Crippen LogP contribution < -0.4 is 0 Å². The van der Waals surface area contributed by atoms with Gasteiger partial charge < -0.3 is 0 Å². The van der Waals surface area contributed by atoms with Gasteiger partial charge in [-0.1, -0.05) is 341 Å². The molecule has 0 N–H and O–H groups in total. The van der Waals surface area contributed by atoms with E-state index in [0.717, 1.165) is 19.3 Å². The molecule has 468 valence electrons. The molecule has 0 bridgehead atoms. The topological polar surface area (TPSA) is 0 Å². The second-order valence-electron chi connectivity index (χ2n) is 29.1. The molecule has 0 heteroatoms. The Labute approximate surface area is 545 Å². The smallest absolute Gasteiger partial charge is 0.0221 e. The minimum atomic E-state index is 0.0328. The van der Waals surface area contributed by atoms with Crippen molar-refractivity contribution in [3.05, 3.63) is 212 Å². The maximum atomic E-state index is 2.64. The zero-order valence-corrected chi connectivity index (χ0v) is 56.7. The molecular weight excluding hydrogens is 1080 g/mol. The maximum absolute atomic E-state index is 2.64. The second kappa shape index (κ2) is 27.9. The van der Waals surface area contributed by atoms with Crippen LogP contribution in [-0.2, 0) is 35.5 Å². The van der Waals surface area contributed by atoms with Crippen LogP contribution in [0, 0.1) is 0 Å². The summed E-state index contributed by atoms with van der Waals surface area (Å²) in [5, 5.41) is 0. The maximum Gasteiger partial charge on any atom is 0.0221 e. The Bertz CT molecular complexity index is 3340. The predicted octanol–water partition coefficient (Wildman–Crippen LogP) is 26.7.